The predicted molar refractivity (Wildman–Crippen MR) is 180 cm³/mol. The van der Waals surface area contributed by atoms with Gasteiger partial charge < -0.3 is 14.6 Å². The summed E-state index contributed by atoms with van der Waals surface area (Å²) in [6.07, 6.45) is 0.161. The van der Waals surface area contributed by atoms with Crippen LogP contribution >= 0.6 is 27.7 Å². The minimum Gasteiger partial charge on any atom is -0.494 e. The van der Waals surface area contributed by atoms with Crippen LogP contribution in [0.5, 0.6) is 5.75 Å². The highest BCUT2D eigenvalue weighted by atomic mass is 79.9. The van der Waals surface area contributed by atoms with Crippen LogP contribution in [0.2, 0.25) is 0 Å². The lowest BCUT2D eigenvalue weighted by atomic mass is 9.82. The van der Waals surface area contributed by atoms with Crippen molar-refractivity contribution >= 4 is 39.5 Å². The van der Waals surface area contributed by atoms with E-state index in [9.17, 15) is 9.18 Å². The first-order chi connectivity index (χ1) is 22.0. The topological polar surface area (TPSA) is 92.2 Å². The fourth-order valence-corrected chi connectivity index (χ4v) is 6.06. The second kappa shape index (κ2) is 16.0. The van der Waals surface area contributed by atoms with Gasteiger partial charge in [0.25, 0.3) is 5.91 Å². The van der Waals surface area contributed by atoms with Crippen LogP contribution in [0.3, 0.4) is 0 Å². The van der Waals surface area contributed by atoms with Gasteiger partial charge in [-0.2, -0.15) is 11.8 Å². The Labute approximate surface area is 275 Å². The molecule has 0 aliphatic carbocycles. The first-order valence-corrected chi connectivity index (χ1v) is 16.7. The monoisotopic (exact) mass is 691 g/mol. The first-order valence-electron chi connectivity index (χ1n) is 14.7. The van der Waals surface area contributed by atoms with Crippen LogP contribution in [-0.4, -0.2) is 48.0 Å². The second-order valence-electron chi connectivity index (χ2n) is 10.6. The number of carbonyl (C=O) groups is 1. The minimum atomic E-state index is -1.31. The van der Waals surface area contributed by atoms with Crippen LogP contribution in [0, 0.1) is 5.82 Å². The fourth-order valence-electron chi connectivity index (χ4n) is 4.97. The van der Waals surface area contributed by atoms with Crippen molar-refractivity contribution in [1.82, 2.24) is 10.9 Å². The van der Waals surface area contributed by atoms with Gasteiger partial charge in [0.1, 0.15) is 11.6 Å². The van der Waals surface area contributed by atoms with Crippen LogP contribution in [0.4, 0.5) is 4.39 Å². The molecule has 45 heavy (non-hydrogen) atoms. The van der Waals surface area contributed by atoms with Crippen LogP contribution in [0.25, 0.3) is 0 Å². The molecule has 10 heteroatoms. The minimum absolute atomic E-state index is 0.0649. The summed E-state index contributed by atoms with van der Waals surface area (Å²) in [6.45, 7) is 1.00. The largest absolute Gasteiger partial charge is 0.494 e. The van der Waals surface area contributed by atoms with Gasteiger partial charge in [-0.3, -0.25) is 10.2 Å². The number of hydrogen-bond donors (Lipinski definition) is 3. The second-order valence-corrected chi connectivity index (χ2v) is 12.6. The number of nitrogens with one attached hydrogen (secondary N) is 2. The molecule has 234 valence electrons. The number of hydrogen-bond acceptors (Lipinski definition) is 7. The molecule has 1 aliphatic rings. The van der Waals surface area contributed by atoms with Crippen molar-refractivity contribution in [1.29, 1.82) is 0 Å². The Morgan fingerprint density at radius 1 is 0.978 bits per heavy atom. The highest BCUT2D eigenvalue weighted by Gasteiger charge is 2.53. The van der Waals surface area contributed by atoms with Gasteiger partial charge in [0, 0.05) is 47.5 Å². The van der Waals surface area contributed by atoms with Gasteiger partial charge >= 0.3 is 0 Å². The van der Waals surface area contributed by atoms with Gasteiger partial charge in [0.05, 0.1) is 6.61 Å². The summed E-state index contributed by atoms with van der Waals surface area (Å²) in [6, 6.07) is 31.4. The molecule has 1 heterocycles. The molecule has 4 aromatic rings. The molecule has 0 fully saturated rings. The van der Waals surface area contributed by atoms with E-state index in [1.54, 1.807) is 23.9 Å². The third-order valence-corrected chi connectivity index (χ3v) is 8.83. The van der Waals surface area contributed by atoms with Crippen molar-refractivity contribution in [3.05, 3.63) is 136 Å². The number of thioether (sulfide) groups is 1. The SMILES string of the molecule is O=C(NNCCSCc1ccc(F)cc1)[C@@]1(Cc2ccccc2)N=C(c2ccc(OCCCO)cc2)O[C@H]1c1ccc(Br)cc1. The number of ether oxygens (including phenoxy) is 2. The zero-order valence-corrected chi connectivity index (χ0v) is 27.0. The summed E-state index contributed by atoms with van der Waals surface area (Å²) < 4.78 is 26.4. The zero-order chi connectivity index (χ0) is 31.5. The zero-order valence-electron chi connectivity index (χ0n) is 24.6. The van der Waals surface area contributed by atoms with Crippen LogP contribution in [0.1, 0.15) is 34.8 Å². The van der Waals surface area contributed by atoms with E-state index in [4.69, 9.17) is 19.6 Å². The molecule has 2 atom stereocenters. The van der Waals surface area contributed by atoms with E-state index in [1.807, 2.05) is 78.9 Å². The third kappa shape index (κ3) is 8.73. The van der Waals surface area contributed by atoms with Gasteiger partial charge in [0.15, 0.2) is 11.6 Å². The molecule has 4 aromatic carbocycles. The summed E-state index contributed by atoms with van der Waals surface area (Å²) in [7, 11) is 0. The Bertz CT molecular complexity index is 1560. The van der Waals surface area contributed by atoms with Gasteiger partial charge in [-0.25, -0.2) is 14.8 Å². The molecule has 0 spiro atoms. The summed E-state index contributed by atoms with van der Waals surface area (Å²) in [5.41, 5.74) is 8.24. The quantitative estimate of drug-likeness (QED) is 0.0987. The van der Waals surface area contributed by atoms with E-state index in [-0.39, 0.29) is 18.3 Å². The van der Waals surface area contributed by atoms with E-state index in [0.29, 0.717) is 37.6 Å². The fraction of sp³-hybridized carbons (Fsp3) is 0.257. The van der Waals surface area contributed by atoms with E-state index in [0.717, 1.165) is 38.2 Å². The molecule has 1 amide bonds. The molecule has 0 saturated heterocycles. The Kier molecular flexibility index (Phi) is 11.6. The molecule has 0 bridgehead atoms. The number of aliphatic imine (C=N–C) groups is 1. The van der Waals surface area contributed by atoms with Crippen LogP contribution in [0.15, 0.2) is 113 Å². The highest BCUT2D eigenvalue weighted by molar-refractivity contribution is 9.10. The number of hydrazine groups is 1. The van der Waals surface area contributed by atoms with E-state index in [2.05, 4.69) is 26.8 Å². The molecule has 5 rings (SSSR count). The molecule has 0 radical (unpaired) electrons. The molecule has 1 aliphatic heterocycles. The molecular formula is C35H35BrFN3O4S. The van der Waals surface area contributed by atoms with Gasteiger partial charge in [-0.05, 0) is 65.2 Å². The average Bonchev–Trinajstić information content (AvgIpc) is 3.45. The van der Waals surface area contributed by atoms with E-state index in [1.165, 1.54) is 12.1 Å². The van der Waals surface area contributed by atoms with Crippen LogP contribution in [-0.2, 0) is 21.7 Å². The molecule has 7 nitrogen and oxygen atoms in total. The number of rotatable bonds is 15. The lowest BCUT2D eigenvalue weighted by molar-refractivity contribution is -0.130. The maximum Gasteiger partial charge on any atom is 0.266 e. The lowest BCUT2D eigenvalue weighted by Crippen LogP contribution is -2.54. The normalized spacial score (nSPS) is 17.4. The van der Waals surface area contributed by atoms with Crippen molar-refractivity contribution in [2.24, 2.45) is 4.99 Å². The highest BCUT2D eigenvalue weighted by Crippen LogP contribution is 2.42. The Hall–Kier alpha value is -3.70. The molecule has 3 N–H and O–H groups in total. The van der Waals surface area contributed by atoms with Crippen molar-refractivity contribution < 1.29 is 23.8 Å². The Morgan fingerprint density at radius 3 is 2.42 bits per heavy atom. The smallest absolute Gasteiger partial charge is 0.266 e. The van der Waals surface area contributed by atoms with Crippen molar-refractivity contribution in [3.8, 4) is 5.75 Å². The maximum atomic E-state index is 14.2. The summed E-state index contributed by atoms with van der Waals surface area (Å²) in [5, 5.41) is 9.04. The average molecular weight is 693 g/mol. The number of aliphatic hydroxyl groups excluding tert-OH is 1. The number of aliphatic hydroxyl groups is 1. The summed E-state index contributed by atoms with van der Waals surface area (Å²) >= 11 is 5.20. The maximum absolute atomic E-state index is 14.2. The summed E-state index contributed by atoms with van der Waals surface area (Å²) in [5.74, 6) is 1.96. The van der Waals surface area contributed by atoms with Crippen molar-refractivity contribution in [2.75, 3.05) is 25.5 Å². The molecular weight excluding hydrogens is 657 g/mol. The van der Waals surface area contributed by atoms with Crippen LogP contribution < -0.4 is 15.6 Å². The predicted octanol–water partition coefficient (Wildman–Crippen LogP) is 6.40. The van der Waals surface area contributed by atoms with Gasteiger partial charge in [0.2, 0.25) is 5.90 Å². The number of benzene rings is 4. The van der Waals surface area contributed by atoms with Crippen molar-refractivity contribution in [2.45, 2.75) is 30.2 Å². The number of carbonyl (C=O) groups excluding carboxylic acids is 1. The van der Waals surface area contributed by atoms with E-state index < -0.39 is 11.6 Å². The Morgan fingerprint density at radius 2 is 1.71 bits per heavy atom. The number of halogens is 2. The lowest BCUT2D eigenvalue weighted by Gasteiger charge is -2.31. The molecule has 0 saturated carbocycles. The molecule has 0 aromatic heterocycles. The first kappa shape index (κ1) is 32.7. The van der Waals surface area contributed by atoms with E-state index >= 15 is 0 Å². The van der Waals surface area contributed by atoms with Gasteiger partial charge in [-0.1, -0.05) is 70.5 Å². The standard InChI is InChI=1S/C35H35BrFN3O4S/c36-29-13-9-27(10-14-29)32-35(23-25-5-2-1-3-6-25,34(42)40-38-19-22-45-24-26-7-15-30(37)16-8-26)39-33(44-32)28-11-17-31(18-12-28)43-21-4-20-41/h1-3,5-18,32,38,41H,4,19-24H2,(H,40,42)/t32-,35-/m0/s1. The summed E-state index contributed by atoms with van der Waals surface area (Å²) in [4.78, 5) is 19.3. The number of amides is 1. The molecule has 0 unspecified atom stereocenters. The van der Waals surface area contributed by atoms with Crippen molar-refractivity contribution in [3.63, 3.8) is 0 Å². The number of nitrogens with zero attached hydrogens (tertiary/aromatic N) is 1. The Balaban J connectivity index is 1.37. The van der Waals surface area contributed by atoms with Gasteiger partial charge in [-0.15, -0.1) is 0 Å². The third-order valence-electron chi connectivity index (χ3n) is 7.27.